The van der Waals surface area contributed by atoms with Crippen LogP contribution in [0.5, 0.6) is 0 Å². The van der Waals surface area contributed by atoms with E-state index < -0.39 is 0 Å². The molecule has 1 amide bonds. The van der Waals surface area contributed by atoms with Crippen molar-refractivity contribution in [3.63, 3.8) is 0 Å². The van der Waals surface area contributed by atoms with E-state index in [9.17, 15) is 4.79 Å². The molecular formula is C14H9IN2O2. The highest BCUT2D eigenvalue weighted by Gasteiger charge is 2.12. The van der Waals surface area contributed by atoms with Crippen molar-refractivity contribution < 1.29 is 9.21 Å². The Kier molecular flexibility index (Phi) is 3.20. The lowest BCUT2D eigenvalue weighted by Gasteiger charge is -2.06. The maximum absolute atomic E-state index is 12.0. The van der Waals surface area contributed by atoms with Crippen LogP contribution in [-0.4, -0.2) is 10.9 Å². The van der Waals surface area contributed by atoms with Crippen molar-refractivity contribution in [2.24, 2.45) is 0 Å². The van der Waals surface area contributed by atoms with E-state index in [1.54, 1.807) is 18.3 Å². The predicted octanol–water partition coefficient (Wildman–Crippen LogP) is 3.68. The zero-order valence-electron chi connectivity index (χ0n) is 9.76. The summed E-state index contributed by atoms with van der Waals surface area (Å²) in [5.74, 6) is 0.0124. The Morgan fingerprint density at radius 1 is 1.16 bits per heavy atom. The summed E-state index contributed by atoms with van der Waals surface area (Å²) in [6.45, 7) is 0. The van der Waals surface area contributed by atoms with Gasteiger partial charge in [0, 0.05) is 11.6 Å². The molecule has 0 fully saturated rings. The summed E-state index contributed by atoms with van der Waals surface area (Å²) in [5, 5.41) is 3.80. The van der Waals surface area contributed by atoms with Crippen LogP contribution in [-0.2, 0) is 0 Å². The molecule has 0 saturated carbocycles. The first-order chi connectivity index (χ1) is 9.24. The molecule has 94 valence electrons. The van der Waals surface area contributed by atoms with Crippen molar-refractivity contribution >= 4 is 45.1 Å². The van der Waals surface area contributed by atoms with Gasteiger partial charge in [-0.1, -0.05) is 18.2 Å². The average molecular weight is 364 g/mol. The van der Waals surface area contributed by atoms with Crippen LogP contribution in [0.15, 0.2) is 53.1 Å². The van der Waals surface area contributed by atoms with Gasteiger partial charge in [-0.2, -0.15) is 0 Å². The van der Waals surface area contributed by atoms with Crippen LogP contribution in [0.25, 0.3) is 10.9 Å². The molecule has 0 aliphatic heterocycles. The van der Waals surface area contributed by atoms with Gasteiger partial charge in [-0.15, -0.1) is 0 Å². The smallest absolute Gasteiger partial charge is 0.291 e. The molecule has 0 atom stereocenters. The van der Waals surface area contributed by atoms with E-state index in [0.717, 1.165) is 10.9 Å². The van der Waals surface area contributed by atoms with E-state index >= 15 is 0 Å². The Morgan fingerprint density at radius 2 is 2.00 bits per heavy atom. The van der Waals surface area contributed by atoms with E-state index in [1.807, 2.05) is 52.9 Å². The van der Waals surface area contributed by atoms with Gasteiger partial charge in [0.05, 0.1) is 11.2 Å². The van der Waals surface area contributed by atoms with Gasteiger partial charge in [0.1, 0.15) is 0 Å². The van der Waals surface area contributed by atoms with Gasteiger partial charge in [0.2, 0.25) is 0 Å². The first-order valence-corrected chi connectivity index (χ1v) is 6.72. The number of furan rings is 1. The Bertz CT molecular complexity index is 747. The molecule has 0 spiro atoms. The van der Waals surface area contributed by atoms with Gasteiger partial charge in [-0.05, 0) is 46.9 Å². The number of amides is 1. The first-order valence-electron chi connectivity index (χ1n) is 5.64. The second-order valence-corrected chi connectivity index (χ2v) is 5.00. The van der Waals surface area contributed by atoms with Crippen molar-refractivity contribution in [3.8, 4) is 0 Å². The Labute approximate surface area is 123 Å². The number of hydrogen-bond acceptors (Lipinski definition) is 3. The van der Waals surface area contributed by atoms with E-state index in [-0.39, 0.29) is 11.7 Å². The minimum absolute atomic E-state index is 0.277. The monoisotopic (exact) mass is 364 g/mol. The molecule has 0 radical (unpaired) electrons. The SMILES string of the molecule is O=C(Nc1cccc2cccnc12)c1ccc(I)o1. The van der Waals surface area contributed by atoms with Crippen molar-refractivity contribution in [1.29, 1.82) is 0 Å². The number of rotatable bonds is 2. The molecule has 4 nitrogen and oxygen atoms in total. The van der Waals surface area contributed by atoms with Crippen LogP contribution in [0.1, 0.15) is 10.6 Å². The van der Waals surface area contributed by atoms with Gasteiger partial charge < -0.3 is 9.73 Å². The summed E-state index contributed by atoms with van der Waals surface area (Å²) in [6.07, 6.45) is 1.70. The van der Waals surface area contributed by atoms with Gasteiger partial charge in [-0.3, -0.25) is 9.78 Å². The van der Waals surface area contributed by atoms with Crippen LogP contribution >= 0.6 is 22.6 Å². The first kappa shape index (κ1) is 12.2. The molecule has 0 aliphatic carbocycles. The highest BCUT2D eigenvalue weighted by atomic mass is 127. The molecule has 5 heteroatoms. The number of halogens is 1. The lowest BCUT2D eigenvalue weighted by molar-refractivity contribution is 0.0995. The molecular weight excluding hydrogens is 355 g/mol. The number of nitrogens with one attached hydrogen (secondary N) is 1. The third-order valence-electron chi connectivity index (χ3n) is 2.68. The Morgan fingerprint density at radius 3 is 2.79 bits per heavy atom. The zero-order chi connectivity index (χ0) is 13.2. The van der Waals surface area contributed by atoms with Crippen molar-refractivity contribution in [2.75, 3.05) is 5.32 Å². The van der Waals surface area contributed by atoms with Gasteiger partial charge in [-0.25, -0.2) is 0 Å². The maximum Gasteiger partial charge on any atom is 0.291 e. The quantitative estimate of drug-likeness (QED) is 0.706. The van der Waals surface area contributed by atoms with Crippen LogP contribution < -0.4 is 5.32 Å². The molecule has 0 bridgehead atoms. The second kappa shape index (κ2) is 5.00. The van der Waals surface area contributed by atoms with E-state index in [4.69, 9.17) is 4.42 Å². The standard InChI is InChI=1S/C14H9IN2O2/c15-12-7-6-11(19-12)14(18)17-10-5-1-3-9-4-2-8-16-13(9)10/h1-8H,(H,17,18). The van der Waals surface area contributed by atoms with Crippen LogP contribution in [0.2, 0.25) is 0 Å². The second-order valence-electron chi connectivity index (χ2n) is 3.94. The number of benzene rings is 1. The molecule has 3 aromatic rings. The van der Waals surface area contributed by atoms with Gasteiger partial charge in [0.15, 0.2) is 9.53 Å². The normalized spacial score (nSPS) is 10.6. The molecule has 1 aromatic carbocycles. The number of hydrogen-bond donors (Lipinski definition) is 1. The van der Waals surface area contributed by atoms with Crippen LogP contribution in [0, 0.1) is 3.77 Å². The summed E-state index contributed by atoms with van der Waals surface area (Å²) in [4.78, 5) is 16.3. The fraction of sp³-hybridized carbons (Fsp3) is 0. The number of nitrogens with zero attached hydrogens (tertiary/aromatic N) is 1. The largest absolute Gasteiger partial charge is 0.445 e. The van der Waals surface area contributed by atoms with E-state index in [2.05, 4.69) is 10.3 Å². The summed E-state index contributed by atoms with van der Waals surface area (Å²) < 4.78 is 5.96. The Hall–Kier alpha value is -1.89. The molecule has 0 unspecified atom stereocenters. The zero-order valence-corrected chi connectivity index (χ0v) is 11.9. The summed E-state index contributed by atoms with van der Waals surface area (Å²) >= 11 is 2.02. The third kappa shape index (κ3) is 2.46. The highest BCUT2D eigenvalue weighted by molar-refractivity contribution is 14.1. The number of aromatic nitrogens is 1. The molecule has 3 rings (SSSR count). The fourth-order valence-corrected chi connectivity index (χ4v) is 2.24. The summed E-state index contributed by atoms with van der Waals surface area (Å²) in [5.41, 5.74) is 1.44. The maximum atomic E-state index is 12.0. The fourth-order valence-electron chi connectivity index (χ4n) is 1.83. The van der Waals surface area contributed by atoms with E-state index in [1.165, 1.54) is 0 Å². The van der Waals surface area contributed by atoms with Crippen molar-refractivity contribution in [3.05, 3.63) is 58.2 Å². The number of carbonyl (C=O) groups is 1. The molecule has 0 aliphatic rings. The molecule has 0 saturated heterocycles. The minimum Gasteiger partial charge on any atom is -0.445 e. The molecule has 2 heterocycles. The molecule has 2 aromatic heterocycles. The molecule has 19 heavy (non-hydrogen) atoms. The lowest BCUT2D eigenvalue weighted by atomic mass is 10.2. The van der Waals surface area contributed by atoms with Gasteiger partial charge >= 0.3 is 0 Å². The average Bonchev–Trinajstić information content (AvgIpc) is 2.86. The number of pyridine rings is 1. The van der Waals surface area contributed by atoms with Crippen LogP contribution in [0.4, 0.5) is 5.69 Å². The molecule has 1 N–H and O–H groups in total. The Balaban J connectivity index is 1.95. The number of fused-ring (bicyclic) bond motifs is 1. The minimum atomic E-state index is -0.277. The number of para-hydroxylation sites is 1. The van der Waals surface area contributed by atoms with E-state index in [0.29, 0.717) is 9.45 Å². The van der Waals surface area contributed by atoms with Crippen LogP contribution in [0.3, 0.4) is 0 Å². The topological polar surface area (TPSA) is 55.1 Å². The third-order valence-corrected chi connectivity index (χ3v) is 3.26. The van der Waals surface area contributed by atoms with Crippen molar-refractivity contribution in [1.82, 2.24) is 4.98 Å². The summed E-state index contributed by atoms with van der Waals surface area (Å²) in [7, 11) is 0. The van der Waals surface area contributed by atoms with Gasteiger partial charge in [0.25, 0.3) is 5.91 Å². The summed E-state index contributed by atoms with van der Waals surface area (Å²) in [6, 6.07) is 12.9. The lowest BCUT2D eigenvalue weighted by Crippen LogP contribution is -2.11. The van der Waals surface area contributed by atoms with Crippen molar-refractivity contribution in [2.45, 2.75) is 0 Å². The predicted molar refractivity (Wildman–Crippen MR) is 81.1 cm³/mol. The number of anilines is 1. The highest BCUT2D eigenvalue weighted by Crippen LogP contribution is 2.21. The number of carbonyl (C=O) groups excluding carboxylic acids is 1.